The van der Waals surface area contributed by atoms with Crippen LogP contribution in [0.25, 0.3) is 0 Å². The van der Waals surface area contributed by atoms with E-state index in [2.05, 4.69) is 60.5 Å². The molecule has 2 aromatic heterocycles. The number of aromatic nitrogens is 4. The summed E-state index contributed by atoms with van der Waals surface area (Å²) in [4.78, 5) is 26.3. The molecule has 1 fully saturated rings. The molecule has 1 saturated heterocycles. The van der Waals surface area contributed by atoms with Gasteiger partial charge in [0.05, 0.1) is 23.6 Å². The molecule has 1 aliphatic heterocycles. The maximum Gasteiger partial charge on any atom is 0.238 e. The summed E-state index contributed by atoms with van der Waals surface area (Å²) in [5.41, 5.74) is 3.94. The van der Waals surface area contributed by atoms with Crippen molar-refractivity contribution in [2.24, 2.45) is 5.92 Å². The molecule has 0 aliphatic carbocycles. The van der Waals surface area contributed by atoms with E-state index in [0.29, 0.717) is 12.5 Å². The molecule has 1 aliphatic rings. The summed E-state index contributed by atoms with van der Waals surface area (Å²) < 4.78 is 1.84. The predicted molar refractivity (Wildman–Crippen MR) is 129 cm³/mol. The fourth-order valence-corrected chi connectivity index (χ4v) is 4.44. The fourth-order valence-electron chi connectivity index (χ4n) is 4.44. The Morgan fingerprint density at radius 3 is 2.64 bits per heavy atom. The van der Waals surface area contributed by atoms with Crippen molar-refractivity contribution in [3.05, 3.63) is 72.1 Å². The molecule has 1 aromatic carbocycles. The summed E-state index contributed by atoms with van der Waals surface area (Å²) >= 11 is 0. The number of carbonyl (C=O) groups excluding carboxylic acids is 1. The highest BCUT2D eigenvalue weighted by molar-refractivity contribution is 5.92. The Balaban J connectivity index is 1.42. The van der Waals surface area contributed by atoms with E-state index in [1.165, 1.54) is 5.56 Å². The van der Waals surface area contributed by atoms with Crippen molar-refractivity contribution < 1.29 is 4.79 Å². The van der Waals surface area contributed by atoms with E-state index in [4.69, 9.17) is 0 Å². The van der Waals surface area contributed by atoms with Crippen LogP contribution in [-0.4, -0.2) is 68.2 Å². The molecule has 0 unspecified atom stereocenters. The van der Waals surface area contributed by atoms with Gasteiger partial charge in [-0.25, -0.2) is 0 Å². The predicted octanol–water partition coefficient (Wildman–Crippen LogP) is 2.62. The van der Waals surface area contributed by atoms with E-state index in [9.17, 15) is 4.79 Å². The molecule has 33 heavy (non-hydrogen) atoms. The molecule has 1 amide bonds. The number of hydrogen-bond acceptors (Lipinski definition) is 6. The summed E-state index contributed by atoms with van der Waals surface area (Å²) in [6, 6.07) is 10.6. The summed E-state index contributed by atoms with van der Waals surface area (Å²) in [6.45, 7) is 9.61. The van der Waals surface area contributed by atoms with Crippen molar-refractivity contribution in [2.45, 2.75) is 33.4 Å². The number of nitrogens with one attached hydrogen (secondary N) is 1. The number of rotatable bonds is 8. The first-order valence-electron chi connectivity index (χ1n) is 11.7. The second-order valence-corrected chi connectivity index (χ2v) is 8.75. The van der Waals surface area contributed by atoms with Crippen LogP contribution in [0.4, 0.5) is 5.69 Å². The third-order valence-corrected chi connectivity index (χ3v) is 6.04. The number of carbonyl (C=O) groups is 1. The second kappa shape index (κ2) is 11.2. The molecule has 1 N–H and O–H groups in total. The standard InChI is InChI=1S/C25H33N7O/c1-3-32-18-24(20(2)29-32)28-25(33)19-31-12-11-30(15-21-7-5-4-6-8-21)16-22(17-31)13-23-14-26-9-10-27-23/h4-10,14,18,22H,3,11-13,15-17,19H2,1-2H3,(H,28,33)/t22-/m0/s1. The highest BCUT2D eigenvalue weighted by Gasteiger charge is 2.25. The molecule has 0 saturated carbocycles. The van der Waals surface area contributed by atoms with Gasteiger partial charge in [0, 0.05) is 64.1 Å². The van der Waals surface area contributed by atoms with E-state index in [-0.39, 0.29) is 5.91 Å². The molecular weight excluding hydrogens is 414 g/mol. The van der Waals surface area contributed by atoms with Gasteiger partial charge in [0.25, 0.3) is 0 Å². The monoisotopic (exact) mass is 447 g/mol. The number of amides is 1. The minimum absolute atomic E-state index is 0.00325. The lowest BCUT2D eigenvalue weighted by Gasteiger charge is -2.24. The van der Waals surface area contributed by atoms with E-state index in [0.717, 1.165) is 62.8 Å². The molecule has 0 radical (unpaired) electrons. The molecule has 3 aromatic rings. The first kappa shape index (κ1) is 23.1. The van der Waals surface area contributed by atoms with Crippen molar-refractivity contribution in [3.8, 4) is 0 Å². The lowest BCUT2D eigenvalue weighted by atomic mass is 10.0. The average molecular weight is 448 g/mol. The Kier molecular flexibility index (Phi) is 7.80. The second-order valence-electron chi connectivity index (χ2n) is 8.75. The fraction of sp³-hybridized carbons (Fsp3) is 0.440. The van der Waals surface area contributed by atoms with Crippen molar-refractivity contribution in [1.29, 1.82) is 0 Å². The lowest BCUT2D eigenvalue weighted by molar-refractivity contribution is -0.117. The Bertz CT molecular complexity index is 1020. The third-order valence-electron chi connectivity index (χ3n) is 6.04. The van der Waals surface area contributed by atoms with Crippen molar-refractivity contribution in [3.63, 3.8) is 0 Å². The smallest absolute Gasteiger partial charge is 0.238 e. The molecule has 1 atom stereocenters. The number of aryl methyl sites for hydroxylation is 2. The quantitative estimate of drug-likeness (QED) is 0.572. The first-order valence-corrected chi connectivity index (χ1v) is 11.7. The van der Waals surface area contributed by atoms with Gasteiger partial charge in [0.2, 0.25) is 5.91 Å². The van der Waals surface area contributed by atoms with Crippen molar-refractivity contribution >= 4 is 11.6 Å². The number of nitrogens with zero attached hydrogens (tertiary/aromatic N) is 6. The summed E-state index contributed by atoms with van der Waals surface area (Å²) in [7, 11) is 0. The van der Waals surface area contributed by atoms with Gasteiger partial charge >= 0.3 is 0 Å². The van der Waals surface area contributed by atoms with Crippen molar-refractivity contribution in [2.75, 3.05) is 38.0 Å². The van der Waals surface area contributed by atoms with Crippen LogP contribution in [-0.2, 0) is 24.3 Å². The van der Waals surface area contributed by atoms with Gasteiger partial charge in [-0.3, -0.25) is 29.2 Å². The maximum absolute atomic E-state index is 12.9. The minimum Gasteiger partial charge on any atom is -0.322 e. The summed E-state index contributed by atoms with van der Waals surface area (Å²) in [5, 5.41) is 7.47. The lowest BCUT2D eigenvalue weighted by Crippen LogP contribution is -2.37. The van der Waals surface area contributed by atoms with Gasteiger partial charge in [-0.05, 0) is 31.7 Å². The van der Waals surface area contributed by atoms with Gasteiger partial charge in [-0.1, -0.05) is 30.3 Å². The Hall–Kier alpha value is -3.10. The summed E-state index contributed by atoms with van der Waals surface area (Å²) in [6.07, 6.45) is 8.04. The normalized spacial score (nSPS) is 17.6. The van der Waals surface area contributed by atoms with Crippen LogP contribution >= 0.6 is 0 Å². The topological polar surface area (TPSA) is 79.2 Å². The highest BCUT2D eigenvalue weighted by Crippen LogP contribution is 2.17. The van der Waals surface area contributed by atoms with Crippen LogP contribution in [0.5, 0.6) is 0 Å². The van der Waals surface area contributed by atoms with Crippen molar-refractivity contribution in [1.82, 2.24) is 29.5 Å². The average Bonchev–Trinajstić information content (AvgIpc) is 3.06. The zero-order chi connectivity index (χ0) is 23.0. The van der Waals surface area contributed by atoms with Crippen LogP contribution < -0.4 is 5.32 Å². The maximum atomic E-state index is 12.9. The van der Waals surface area contributed by atoms with Gasteiger partial charge in [-0.15, -0.1) is 0 Å². The molecule has 174 valence electrons. The molecule has 0 spiro atoms. The molecular formula is C25H33N7O. The molecule has 0 bridgehead atoms. The van der Waals surface area contributed by atoms with E-state index >= 15 is 0 Å². The van der Waals surface area contributed by atoms with Crippen LogP contribution in [0.1, 0.15) is 23.9 Å². The molecule has 8 heteroatoms. The molecule has 3 heterocycles. The number of hydrogen-bond donors (Lipinski definition) is 1. The van der Waals surface area contributed by atoms with Gasteiger partial charge < -0.3 is 5.32 Å². The highest BCUT2D eigenvalue weighted by atomic mass is 16.2. The zero-order valence-corrected chi connectivity index (χ0v) is 19.5. The minimum atomic E-state index is 0.00325. The zero-order valence-electron chi connectivity index (χ0n) is 19.5. The van der Waals surface area contributed by atoms with Crippen LogP contribution in [0.2, 0.25) is 0 Å². The van der Waals surface area contributed by atoms with Gasteiger partial charge in [0.1, 0.15) is 0 Å². The number of benzene rings is 1. The largest absolute Gasteiger partial charge is 0.322 e. The summed E-state index contributed by atoms with van der Waals surface area (Å²) in [5.74, 6) is 0.369. The Morgan fingerprint density at radius 1 is 1.12 bits per heavy atom. The van der Waals surface area contributed by atoms with E-state index < -0.39 is 0 Å². The van der Waals surface area contributed by atoms with Crippen LogP contribution in [0, 0.1) is 12.8 Å². The van der Waals surface area contributed by atoms with E-state index in [1.807, 2.05) is 30.9 Å². The van der Waals surface area contributed by atoms with Crippen LogP contribution in [0.15, 0.2) is 55.1 Å². The Morgan fingerprint density at radius 2 is 1.91 bits per heavy atom. The SMILES string of the molecule is CCn1cc(NC(=O)CN2CCN(Cc3ccccc3)C[C@H](Cc3cnccn3)C2)c(C)n1. The van der Waals surface area contributed by atoms with Gasteiger partial charge in [0.15, 0.2) is 0 Å². The van der Waals surface area contributed by atoms with Gasteiger partial charge in [-0.2, -0.15) is 5.10 Å². The van der Waals surface area contributed by atoms with E-state index in [1.54, 1.807) is 12.4 Å². The Labute approximate surface area is 195 Å². The molecule has 4 rings (SSSR count). The number of anilines is 1. The first-order chi connectivity index (χ1) is 16.1. The molecule has 8 nitrogen and oxygen atoms in total. The van der Waals surface area contributed by atoms with Crippen LogP contribution in [0.3, 0.4) is 0 Å². The third kappa shape index (κ3) is 6.69.